The summed E-state index contributed by atoms with van der Waals surface area (Å²) >= 11 is 0. The lowest BCUT2D eigenvalue weighted by Crippen LogP contribution is -2.40. The summed E-state index contributed by atoms with van der Waals surface area (Å²) in [6.07, 6.45) is 1.78. The Kier molecular flexibility index (Phi) is 4.58. The van der Waals surface area contributed by atoms with Gasteiger partial charge in [0.2, 0.25) is 5.95 Å². The van der Waals surface area contributed by atoms with E-state index >= 15 is 0 Å². The molecule has 26 heavy (non-hydrogen) atoms. The van der Waals surface area contributed by atoms with Crippen LogP contribution in [0.15, 0.2) is 36.5 Å². The molecule has 2 aromatic heterocycles. The van der Waals surface area contributed by atoms with Gasteiger partial charge in [0.05, 0.1) is 17.1 Å². The van der Waals surface area contributed by atoms with Crippen molar-refractivity contribution in [3.63, 3.8) is 0 Å². The van der Waals surface area contributed by atoms with Crippen molar-refractivity contribution >= 4 is 22.8 Å². The van der Waals surface area contributed by atoms with E-state index in [0.29, 0.717) is 12.5 Å². The first-order chi connectivity index (χ1) is 12.2. The van der Waals surface area contributed by atoms with Gasteiger partial charge in [-0.15, -0.1) is 0 Å². The largest absolute Gasteiger partial charge is 0.365 e. The van der Waals surface area contributed by atoms with Crippen LogP contribution in [0, 0.1) is 0 Å². The summed E-state index contributed by atoms with van der Waals surface area (Å²) in [5.74, 6) is 1.29. The van der Waals surface area contributed by atoms with Crippen molar-refractivity contribution in [2.75, 3.05) is 17.2 Å². The number of nitrogens with zero attached hydrogens (tertiary/aromatic N) is 4. The zero-order valence-corrected chi connectivity index (χ0v) is 16.0. The van der Waals surface area contributed by atoms with Crippen LogP contribution in [0.2, 0.25) is 0 Å². The monoisotopic (exact) mass is 353 g/mol. The molecule has 0 fully saturated rings. The summed E-state index contributed by atoms with van der Waals surface area (Å²) in [6, 6.07) is 10.0. The van der Waals surface area contributed by atoms with Crippen molar-refractivity contribution in [2.45, 2.75) is 38.8 Å². The highest BCUT2D eigenvalue weighted by atomic mass is 15.3. The minimum absolute atomic E-state index is 0.124. The minimum Gasteiger partial charge on any atom is -0.365 e. The predicted molar refractivity (Wildman–Crippen MR) is 106 cm³/mol. The summed E-state index contributed by atoms with van der Waals surface area (Å²) < 4.78 is 1.74. The smallest absolute Gasteiger partial charge is 0.226 e. The number of fused-ring (bicyclic) bond motifs is 1. The summed E-state index contributed by atoms with van der Waals surface area (Å²) in [4.78, 5) is 9.26. The standard InChI is InChI=1S/C19H27N7/c1-18(2,3)25-15-14-11-22-26(5)16(14)24-17(23-15)21-12-19(4,20)13-9-7-6-8-10-13/h6-11H,12,20H2,1-5H3,(H2,21,23,24,25). The third-order valence-corrected chi connectivity index (χ3v) is 4.13. The molecule has 4 N–H and O–H groups in total. The predicted octanol–water partition coefficient (Wildman–Crippen LogP) is 2.86. The highest BCUT2D eigenvalue weighted by molar-refractivity contribution is 5.87. The number of benzene rings is 1. The average molecular weight is 353 g/mol. The zero-order valence-electron chi connectivity index (χ0n) is 16.0. The quantitative estimate of drug-likeness (QED) is 0.653. The first kappa shape index (κ1) is 18.1. The molecule has 1 atom stereocenters. The number of hydrogen-bond acceptors (Lipinski definition) is 6. The van der Waals surface area contributed by atoms with Crippen LogP contribution in [0.3, 0.4) is 0 Å². The van der Waals surface area contributed by atoms with E-state index in [1.165, 1.54) is 0 Å². The van der Waals surface area contributed by atoms with Gasteiger partial charge in [0.15, 0.2) is 5.65 Å². The lowest BCUT2D eigenvalue weighted by molar-refractivity contribution is 0.522. The summed E-state index contributed by atoms with van der Waals surface area (Å²) in [6.45, 7) is 8.78. The Morgan fingerprint density at radius 2 is 1.77 bits per heavy atom. The van der Waals surface area contributed by atoms with Crippen molar-refractivity contribution in [1.82, 2.24) is 19.7 Å². The van der Waals surface area contributed by atoms with Crippen LogP contribution in [0.5, 0.6) is 0 Å². The molecule has 0 aliphatic heterocycles. The second-order valence-electron chi connectivity index (χ2n) is 7.91. The van der Waals surface area contributed by atoms with Crippen molar-refractivity contribution in [3.05, 3.63) is 42.1 Å². The molecule has 7 nitrogen and oxygen atoms in total. The zero-order chi connectivity index (χ0) is 18.9. The minimum atomic E-state index is -0.538. The van der Waals surface area contributed by atoms with Gasteiger partial charge in [-0.2, -0.15) is 15.1 Å². The molecule has 0 amide bonds. The van der Waals surface area contributed by atoms with Gasteiger partial charge in [-0.3, -0.25) is 4.68 Å². The molecule has 0 saturated carbocycles. The molecule has 0 radical (unpaired) electrons. The van der Waals surface area contributed by atoms with Crippen LogP contribution >= 0.6 is 0 Å². The van der Waals surface area contributed by atoms with Crippen molar-refractivity contribution in [1.29, 1.82) is 0 Å². The van der Waals surface area contributed by atoms with Crippen LogP contribution in [-0.4, -0.2) is 31.8 Å². The fraction of sp³-hybridized carbons (Fsp3) is 0.421. The number of aryl methyl sites for hydroxylation is 1. The SMILES string of the molecule is Cn1ncc2c(NC(C)(C)C)nc(NCC(C)(N)c3ccccc3)nc21. The molecule has 1 unspecified atom stereocenters. The van der Waals surface area contributed by atoms with E-state index in [2.05, 4.69) is 46.5 Å². The summed E-state index contributed by atoms with van der Waals surface area (Å²) in [5.41, 5.74) is 7.66. The Labute approximate surface area is 154 Å². The topological polar surface area (TPSA) is 93.7 Å². The number of rotatable bonds is 5. The second-order valence-corrected chi connectivity index (χ2v) is 7.91. The van der Waals surface area contributed by atoms with Crippen LogP contribution < -0.4 is 16.4 Å². The number of anilines is 2. The van der Waals surface area contributed by atoms with Gasteiger partial charge in [0.1, 0.15) is 5.82 Å². The van der Waals surface area contributed by atoms with Crippen LogP contribution in [0.25, 0.3) is 11.0 Å². The molecule has 0 aliphatic rings. The maximum atomic E-state index is 6.50. The fourth-order valence-corrected chi connectivity index (χ4v) is 2.74. The Balaban J connectivity index is 1.89. The maximum Gasteiger partial charge on any atom is 0.226 e. The van der Waals surface area contributed by atoms with E-state index in [0.717, 1.165) is 22.4 Å². The van der Waals surface area contributed by atoms with Crippen molar-refractivity contribution < 1.29 is 0 Å². The summed E-state index contributed by atoms with van der Waals surface area (Å²) in [7, 11) is 1.87. The fourth-order valence-electron chi connectivity index (χ4n) is 2.74. The third-order valence-electron chi connectivity index (χ3n) is 4.13. The Morgan fingerprint density at radius 3 is 2.42 bits per heavy atom. The molecule has 3 rings (SSSR count). The van der Waals surface area contributed by atoms with Crippen molar-refractivity contribution in [2.24, 2.45) is 12.8 Å². The second kappa shape index (κ2) is 6.57. The third kappa shape index (κ3) is 3.94. The molecule has 3 aromatic rings. The van der Waals surface area contributed by atoms with E-state index in [4.69, 9.17) is 5.73 Å². The first-order valence-corrected chi connectivity index (χ1v) is 8.72. The number of nitrogens with two attached hydrogens (primary N) is 1. The van der Waals surface area contributed by atoms with Crippen LogP contribution in [0.4, 0.5) is 11.8 Å². The van der Waals surface area contributed by atoms with E-state index in [9.17, 15) is 0 Å². The van der Waals surface area contributed by atoms with E-state index in [1.807, 2.05) is 44.3 Å². The highest BCUT2D eigenvalue weighted by Gasteiger charge is 2.22. The van der Waals surface area contributed by atoms with Gasteiger partial charge in [-0.25, -0.2) is 0 Å². The lowest BCUT2D eigenvalue weighted by atomic mass is 9.93. The van der Waals surface area contributed by atoms with E-state index in [1.54, 1.807) is 10.9 Å². The normalized spacial score (nSPS) is 14.2. The first-order valence-electron chi connectivity index (χ1n) is 8.72. The average Bonchev–Trinajstić information content (AvgIpc) is 2.94. The molecule has 0 aliphatic carbocycles. The van der Waals surface area contributed by atoms with E-state index < -0.39 is 5.54 Å². The Bertz CT molecular complexity index is 891. The molecule has 138 valence electrons. The number of aromatic nitrogens is 4. The van der Waals surface area contributed by atoms with Gasteiger partial charge in [-0.05, 0) is 33.3 Å². The number of nitrogens with one attached hydrogen (secondary N) is 2. The van der Waals surface area contributed by atoms with Crippen LogP contribution in [-0.2, 0) is 12.6 Å². The van der Waals surface area contributed by atoms with E-state index in [-0.39, 0.29) is 5.54 Å². The molecular weight excluding hydrogens is 326 g/mol. The Morgan fingerprint density at radius 1 is 1.08 bits per heavy atom. The van der Waals surface area contributed by atoms with Gasteiger partial charge < -0.3 is 16.4 Å². The van der Waals surface area contributed by atoms with Gasteiger partial charge in [0.25, 0.3) is 0 Å². The van der Waals surface area contributed by atoms with Gasteiger partial charge in [0, 0.05) is 19.1 Å². The molecular formula is C19H27N7. The highest BCUT2D eigenvalue weighted by Crippen LogP contribution is 2.25. The summed E-state index contributed by atoms with van der Waals surface area (Å²) in [5, 5.41) is 11.9. The van der Waals surface area contributed by atoms with Crippen molar-refractivity contribution in [3.8, 4) is 0 Å². The molecule has 0 saturated heterocycles. The molecule has 7 heteroatoms. The molecule has 2 heterocycles. The lowest BCUT2D eigenvalue weighted by Gasteiger charge is -2.26. The molecule has 0 spiro atoms. The molecule has 0 bridgehead atoms. The van der Waals surface area contributed by atoms with Gasteiger partial charge >= 0.3 is 0 Å². The van der Waals surface area contributed by atoms with Crippen LogP contribution in [0.1, 0.15) is 33.3 Å². The Hall–Kier alpha value is -2.67. The van der Waals surface area contributed by atoms with Gasteiger partial charge in [-0.1, -0.05) is 30.3 Å². The molecule has 1 aromatic carbocycles. The number of hydrogen-bond donors (Lipinski definition) is 3. The maximum absolute atomic E-state index is 6.50.